The van der Waals surface area contributed by atoms with Gasteiger partial charge in [-0.25, -0.2) is 4.98 Å². The number of likely N-dealkylation sites (tertiary alicyclic amines) is 1. The van der Waals surface area contributed by atoms with Crippen LogP contribution in [0.25, 0.3) is 0 Å². The summed E-state index contributed by atoms with van der Waals surface area (Å²) in [5, 5.41) is 2.64. The van der Waals surface area contributed by atoms with E-state index in [0.29, 0.717) is 5.82 Å². The van der Waals surface area contributed by atoms with Crippen molar-refractivity contribution in [1.82, 2.24) is 9.88 Å². The van der Waals surface area contributed by atoms with Gasteiger partial charge in [0.15, 0.2) is 0 Å². The van der Waals surface area contributed by atoms with Crippen LogP contribution >= 0.6 is 0 Å². The third-order valence-electron chi connectivity index (χ3n) is 5.05. The summed E-state index contributed by atoms with van der Waals surface area (Å²) in [7, 11) is 0. The van der Waals surface area contributed by atoms with Crippen LogP contribution in [0.1, 0.15) is 12.0 Å². The van der Waals surface area contributed by atoms with E-state index in [1.54, 1.807) is 12.3 Å². The van der Waals surface area contributed by atoms with Crippen LogP contribution in [-0.2, 0) is 14.4 Å². The van der Waals surface area contributed by atoms with Crippen LogP contribution in [0.15, 0.2) is 30.5 Å². The number of rotatable bonds is 3. The van der Waals surface area contributed by atoms with Gasteiger partial charge in [-0.1, -0.05) is 12.2 Å². The zero-order valence-corrected chi connectivity index (χ0v) is 12.7. The first kappa shape index (κ1) is 14.1. The van der Waals surface area contributed by atoms with Crippen molar-refractivity contribution in [3.63, 3.8) is 0 Å². The molecule has 118 valence electrons. The van der Waals surface area contributed by atoms with Crippen molar-refractivity contribution >= 4 is 23.5 Å². The minimum atomic E-state index is -0.398. The Balaban J connectivity index is 1.46. The Kier molecular flexibility index (Phi) is 3.07. The van der Waals surface area contributed by atoms with Crippen molar-refractivity contribution < 1.29 is 14.4 Å². The SMILES string of the molecule is Cc1ccnc(NC(=O)CN2C(=O)C3C4C=CC(C4)C3C2=O)c1. The number of pyridine rings is 1. The third kappa shape index (κ3) is 2.17. The number of allylic oxidation sites excluding steroid dienone is 2. The van der Waals surface area contributed by atoms with Crippen LogP contribution in [-0.4, -0.2) is 34.2 Å². The van der Waals surface area contributed by atoms with E-state index >= 15 is 0 Å². The largest absolute Gasteiger partial charge is 0.309 e. The second kappa shape index (κ2) is 5.01. The monoisotopic (exact) mass is 311 g/mol. The Morgan fingerprint density at radius 1 is 1.26 bits per heavy atom. The summed E-state index contributed by atoms with van der Waals surface area (Å²) < 4.78 is 0. The maximum Gasteiger partial charge on any atom is 0.245 e. The van der Waals surface area contributed by atoms with Crippen LogP contribution in [0.3, 0.4) is 0 Å². The zero-order chi connectivity index (χ0) is 16.1. The van der Waals surface area contributed by atoms with Crippen LogP contribution in [0.5, 0.6) is 0 Å². The third-order valence-corrected chi connectivity index (χ3v) is 5.05. The first-order valence-corrected chi connectivity index (χ1v) is 7.80. The smallest absolute Gasteiger partial charge is 0.245 e. The average Bonchev–Trinajstić information content (AvgIpc) is 3.17. The number of carbonyl (C=O) groups is 3. The second-order valence-corrected chi connectivity index (χ2v) is 6.53. The van der Waals surface area contributed by atoms with E-state index in [4.69, 9.17) is 0 Å². The van der Waals surface area contributed by atoms with Crippen molar-refractivity contribution in [2.45, 2.75) is 13.3 Å². The highest BCUT2D eigenvalue weighted by Crippen LogP contribution is 2.52. The number of nitrogens with zero attached hydrogens (tertiary/aromatic N) is 2. The Labute approximate surface area is 133 Å². The summed E-state index contributed by atoms with van der Waals surface area (Å²) in [5.74, 6) is -0.583. The molecule has 3 amide bonds. The Morgan fingerprint density at radius 3 is 2.52 bits per heavy atom. The van der Waals surface area contributed by atoms with E-state index in [1.807, 2.05) is 25.1 Å². The van der Waals surface area contributed by atoms with E-state index in [9.17, 15) is 14.4 Å². The first-order valence-electron chi connectivity index (χ1n) is 7.80. The summed E-state index contributed by atoms with van der Waals surface area (Å²) in [6, 6.07) is 3.57. The van der Waals surface area contributed by atoms with Crippen LogP contribution in [0.2, 0.25) is 0 Å². The molecule has 0 aromatic carbocycles. The van der Waals surface area contributed by atoms with E-state index in [1.165, 1.54) is 0 Å². The molecule has 3 aliphatic rings. The maximum absolute atomic E-state index is 12.5. The number of hydrogen-bond donors (Lipinski definition) is 1. The molecule has 2 bridgehead atoms. The minimum absolute atomic E-state index is 0.160. The van der Waals surface area contributed by atoms with Gasteiger partial charge in [0.2, 0.25) is 17.7 Å². The quantitative estimate of drug-likeness (QED) is 0.670. The van der Waals surface area contributed by atoms with Gasteiger partial charge in [-0.3, -0.25) is 19.3 Å². The van der Waals surface area contributed by atoms with Gasteiger partial charge < -0.3 is 5.32 Å². The standard InChI is InChI=1S/C17H17N3O3/c1-9-4-5-18-12(6-9)19-13(21)8-20-16(22)14-10-2-3-11(7-10)15(14)17(20)23/h2-6,10-11,14-15H,7-8H2,1H3,(H,18,19,21). The topological polar surface area (TPSA) is 79.4 Å². The average molecular weight is 311 g/mol. The number of amides is 3. The Morgan fingerprint density at radius 2 is 1.91 bits per heavy atom. The lowest BCUT2D eigenvalue weighted by atomic mass is 9.85. The number of nitrogens with one attached hydrogen (secondary N) is 1. The molecule has 2 fully saturated rings. The number of hydrogen-bond acceptors (Lipinski definition) is 4. The van der Waals surface area contributed by atoms with Gasteiger partial charge in [-0.2, -0.15) is 0 Å². The van der Waals surface area contributed by atoms with E-state index in [0.717, 1.165) is 16.9 Å². The molecule has 0 spiro atoms. The summed E-state index contributed by atoms with van der Waals surface area (Å²) in [5.41, 5.74) is 0.973. The number of anilines is 1. The normalized spacial score (nSPS) is 30.9. The molecule has 6 nitrogen and oxygen atoms in total. The molecule has 1 saturated heterocycles. The van der Waals surface area contributed by atoms with Gasteiger partial charge in [0, 0.05) is 6.20 Å². The molecule has 1 aromatic rings. The highest BCUT2D eigenvalue weighted by molar-refractivity contribution is 6.09. The van der Waals surface area contributed by atoms with E-state index in [2.05, 4.69) is 10.3 Å². The van der Waals surface area contributed by atoms with Crippen LogP contribution < -0.4 is 5.32 Å². The number of aryl methyl sites for hydroxylation is 1. The Bertz CT molecular complexity index is 712. The summed E-state index contributed by atoms with van der Waals surface area (Å²) in [6.07, 6.45) is 6.57. The molecule has 1 N–H and O–H groups in total. The molecule has 2 aliphatic carbocycles. The summed E-state index contributed by atoms with van der Waals surface area (Å²) in [4.78, 5) is 42.3. The van der Waals surface area contributed by atoms with Gasteiger partial charge in [0.25, 0.3) is 0 Å². The molecule has 1 aromatic heterocycles. The number of fused-ring (bicyclic) bond motifs is 5. The fourth-order valence-electron chi connectivity index (χ4n) is 4.05. The van der Waals surface area contributed by atoms with E-state index < -0.39 is 5.91 Å². The molecule has 4 rings (SSSR count). The van der Waals surface area contributed by atoms with Crippen molar-refractivity contribution in [2.24, 2.45) is 23.7 Å². The molecule has 0 radical (unpaired) electrons. The predicted octanol–water partition coefficient (Wildman–Crippen LogP) is 1.14. The van der Waals surface area contributed by atoms with Gasteiger partial charge in [-0.15, -0.1) is 0 Å². The fourth-order valence-corrected chi connectivity index (χ4v) is 4.05. The summed E-state index contributed by atoms with van der Waals surface area (Å²) >= 11 is 0. The van der Waals surface area contributed by atoms with Gasteiger partial charge in [0.05, 0.1) is 11.8 Å². The first-order chi connectivity index (χ1) is 11.0. The molecule has 4 unspecified atom stereocenters. The van der Waals surface area contributed by atoms with E-state index in [-0.39, 0.29) is 42.0 Å². The maximum atomic E-state index is 12.5. The van der Waals surface area contributed by atoms with Gasteiger partial charge in [-0.05, 0) is 42.9 Å². The lowest BCUT2D eigenvalue weighted by molar-refractivity contribution is -0.143. The van der Waals surface area contributed by atoms with Crippen molar-refractivity contribution in [3.05, 3.63) is 36.0 Å². The Hall–Kier alpha value is -2.50. The predicted molar refractivity (Wildman–Crippen MR) is 82.0 cm³/mol. The lowest BCUT2D eigenvalue weighted by Gasteiger charge is -2.16. The van der Waals surface area contributed by atoms with Crippen LogP contribution in [0.4, 0.5) is 5.82 Å². The van der Waals surface area contributed by atoms with Gasteiger partial charge >= 0.3 is 0 Å². The number of imide groups is 1. The van der Waals surface area contributed by atoms with Crippen LogP contribution in [0, 0.1) is 30.6 Å². The van der Waals surface area contributed by atoms with Gasteiger partial charge in [0.1, 0.15) is 12.4 Å². The van der Waals surface area contributed by atoms with Crippen molar-refractivity contribution in [3.8, 4) is 0 Å². The molecule has 1 aliphatic heterocycles. The highest BCUT2D eigenvalue weighted by atomic mass is 16.2. The molecule has 6 heteroatoms. The zero-order valence-electron chi connectivity index (χ0n) is 12.7. The molecule has 1 saturated carbocycles. The number of carbonyl (C=O) groups excluding carboxylic acids is 3. The molecule has 4 atom stereocenters. The molecular formula is C17H17N3O3. The lowest BCUT2D eigenvalue weighted by Crippen LogP contribution is -2.39. The molecular weight excluding hydrogens is 294 g/mol. The minimum Gasteiger partial charge on any atom is -0.309 e. The highest BCUT2D eigenvalue weighted by Gasteiger charge is 2.59. The molecule has 23 heavy (non-hydrogen) atoms. The van der Waals surface area contributed by atoms with Crippen molar-refractivity contribution in [2.75, 3.05) is 11.9 Å². The second-order valence-electron chi connectivity index (χ2n) is 6.53. The van der Waals surface area contributed by atoms with Crippen molar-refractivity contribution in [1.29, 1.82) is 0 Å². The molecule has 2 heterocycles. The fraction of sp³-hybridized carbons (Fsp3) is 0.412. The number of aromatic nitrogens is 1. The summed E-state index contributed by atoms with van der Waals surface area (Å²) in [6.45, 7) is 1.66.